The Kier molecular flexibility index (Phi) is 3.62. The molecule has 0 aliphatic rings. The van der Waals surface area contributed by atoms with Crippen molar-refractivity contribution >= 4 is 0 Å². The zero-order valence-electron chi connectivity index (χ0n) is 10.8. The second-order valence-electron chi connectivity index (χ2n) is 6.06. The van der Waals surface area contributed by atoms with Crippen molar-refractivity contribution in [2.24, 2.45) is 10.8 Å². The molecule has 0 rings (SSSR count). The quantitative estimate of drug-likeness (QED) is 0.644. The summed E-state index contributed by atoms with van der Waals surface area (Å²) in [6.07, 6.45) is 0.246. The Labute approximate surface area is 91.3 Å². The maximum Gasteiger partial charge on any atom is 0.286 e. The Bertz CT molecular complexity index is 222. The molecule has 0 heterocycles. The molecule has 0 N–H and O–H groups in total. The summed E-state index contributed by atoms with van der Waals surface area (Å²) in [5.74, 6) is -3.34. The molecule has 0 radical (unpaired) electrons. The average Bonchev–Trinajstić information content (AvgIpc) is 2.01. The van der Waals surface area contributed by atoms with Crippen LogP contribution in [0.2, 0.25) is 0 Å². The van der Waals surface area contributed by atoms with Crippen LogP contribution in [0.1, 0.15) is 54.9 Å². The highest BCUT2D eigenvalue weighted by molar-refractivity contribution is 5.04. The third kappa shape index (κ3) is 2.16. The lowest BCUT2D eigenvalue weighted by atomic mass is 9.66. The molecular formula is C12H23F3. The SMILES string of the molecule is CCC(C)(C)C(F)(F)C(C)(F)C(C)(C)C. The highest BCUT2D eigenvalue weighted by atomic mass is 19.3. The molecule has 0 spiro atoms. The van der Waals surface area contributed by atoms with Crippen molar-refractivity contribution in [1.82, 2.24) is 0 Å². The molecule has 92 valence electrons. The van der Waals surface area contributed by atoms with E-state index < -0.39 is 22.4 Å². The Morgan fingerprint density at radius 2 is 1.13 bits per heavy atom. The van der Waals surface area contributed by atoms with Crippen molar-refractivity contribution < 1.29 is 13.2 Å². The fourth-order valence-electron chi connectivity index (χ4n) is 1.33. The molecule has 0 aromatic carbocycles. The van der Waals surface area contributed by atoms with E-state index in [1.54, 1.807) is 6.92 Å². The van der Waals surface area contributed by atoms with Crippen molar-refractivity contribution in [3.63, 3.8) is 0 Å². The predicted molar refractivity (Wildman–Crippen MR) is 58.0 cm³/mol. The van der Waals surface area contributed by atoms with Crippen LogP contribution in [0.5, 0.6) is 0 Å². The van der Waals surface area contributed by atoms with E-state index in [2.05, 4.69) is 0 Å². The standard InChI is InChI=1S/C12H23F3/c1-8-10(5,6)12(14,15)11(7,13)9(2,3)4/h8H2,1-7H3. The molecule has 0 aromatic rings. The van der Waals surface area contributed by atoms with E-state index in [0.29, 0.717) is 0 Å². The minimum Gasteiger partial charge on any atom is -0.237 e. The topological polar surface area (TPSA) is 0 Å². The monoisotopic (exact) mass is 224 g/mol. The molecule has 1 unspecified atom stereocenters. The molecule has 3 heteroatoms. The summed E-state index contributed by atoms with van der Waals surface area (Å²) in [7, 11) is 0. The summed E-state index contributed by atoms with van der Waals surface area (Å²) in [6.45, 7) is 10.0. The van der Waals surface area contributed by atoms with E-state index in [0.717, 1.165) is 6.92 Å². The van der Waals surface area contributed by atoms with Gasteiger partial charge in [-0.1, -0.05) is 41.5 Å². The zero-order chi connectivity index (χ0) is 12.7. The Hall–Kier alpha value is -0.210. The number of hydrogen-bond donors (Lipinski definition) is 0. The first kappa shape index (κ1) is 14.8. The highest BCUT2D eigenvalue weighted by Crippen LogP contribution is 2.54. The van der Waals surface area contributed by atoms with Crippen LogP contribution in [0.25, 0.3) is 0 Å². The Morgan fingerprint density at radius 3 is 1.33 bits per heavy atom. The number of rotatable bonds is 3. The van der Waals surface area contributed by atoms with Crippen LogP contribution in [0.15, 0.2) is 0 Å². The smallest absolute Gasteiger partial charge is 0.237 e. The summed E-state index contributed by atoms with van der Waals surface area (Å²) in [6, 6.07) is 0. The van der Waals surface area contributed by atoms with Crippen molar-refractivity contribution in [3.8, 4) is 0 Å². The van der Waals surface area contributed by atoms with Gasteiger partial charge in [0, 0.05) is 10.8 Å². The molecule has 0 amide bonds. The molecule has 0 saturated carbocycles. The summed E-state index contributed by atoms with van der Waals surface area (Å²) in [5.41, 5.74) is -4.92. The molecule has 0 aliphatic heterocycles. The average molecular weight is 224 g/mol. The Morgan fingerprint density at radius 1 is 0.800 bits per heavy atom. The Balaban J connectivity index is 5.38. The van der Waals surface area contributed by atoms with Crippen molar-refractivity contribution in [2.45, 2.75) is 66.5 Å². The predicted octanol–water partition coefficient (Wildman–Crippen LogP) is 4.83. The van der Waals surface area contributed by atoms with Gasteiger partial charge in [-0.05, 0) is 13.3 Å². The van der Waals surface area contributed by atoms with Crippen LogP contribution in [0, 0.1) is 10.8 Å². The molecular weight excluding hydrogens is 201 g/mol. The molecule has 0 fully saturated rings. The van der Waals surface area contributed by atoms with Crippen LogP contribution in [0.4, 0.5) is 13.2 Å². The second kappa shape index (κ2) is 3.67. The summed E-state index contributed by atoms with van der Waals surface area (Å²) < 4.78 is 42.5. The van der Waals surface area contributed by atoms with Crippen LogP contribution < -0.4 is 0 Å². The molecule has 15 heavy (non-hydrogen) atoms. The van der Waals surface area contributed by atoms with Gasteiger partial charge in [-0.15, -0.1) is 0 Å². The summed E-state index contributed by atoms with van der Waals surface area (Å²) in [4.78, 5) is 0. The van der Waals surface area contributed by atoms with Crippen LogP contribution in [-0.2, 0) is 0 Å². The molecule has 0 aliphatic carbocycles. The minimum atomic E-state index is -3.34. The molecule has 1 atom stereocenters. The van der Waals surface area contributed by atoms with Crippen molar-refractivity contribution in [3.05, 3.63) is 0 Å². The third-order valence-electron chi connectivity index (χ3n) is 3.73. The zero-order valence-corrected chi connectivity index (χ0v) is 10.8. The van der Waals surface area contributed by atoms with E-state index in [-0.39, 0.29) is 6.42 Å². The molecule has 0 aromatic heterocycles. The van der Waals surface area contributed by atoms with Crippen molar-refractivity contribution in [1.29, 1.82) is 0 Å². The maximum atomic E-state index is 14.3. The van der Waals surface area contributed by atoms with Crippen LogP contribution in [-0.4, -0.2) is 11.6 Å². The van der Waals surface area contributed by atoms with Gasteiger partial charge in [0.15, 0.2) is 5.67 Å². The van der Waals surface area contributed by atoms with Gasteiger partial charge in [-0.2, -0.15) is 0 Å². The van der Waals surface area contributed by atoms with Gasteiger partial charge >= 0.3 is 0 Å². The van der Waals surface area contributed by atoms with E-state index >= 15 is 0 Å². The molecule has 0 bridgehead atoms. The maximum absolute atomic E-state index is 14.3. The lowest BCUT2D eigenvalue weighted by molar-refractivity contribution is -0.234. The number of alkyl halides is 3. The van der Waals surface area contributed by atoms with Gasteiger partial charge in [-0.3, -0.25) is 0 Å². The fraction of sp³-hybridized carbons (Fsp3) is 1.00. The van der Waals surface area contributed by atoms with E-state index in [4.69, 9.17) is 0 Å². The van der Waals surface area contributed by atoms with Gasteiger partial charge in [-0.25, -0.2) is 13.2 Å². The normalized spacial score (nSPS) is 18.8. The highest BCUT2D eigenvalue weighted by Gasteiger charge is 2.64. The minimum absolute atomic E-state index is 0.246. The van der Waals surface area contributed by atoms with Gasteiger partial charge in [0.1, 0.15) is 0 Å². The van der Waals surface area contributed by atoms with Crippen LogP contribution >= 0.6 is 0 Å². The van der Waals surface area contributed by atoms with Gasteiger partial charge < -0.3 is 0 Å². The summed E-state index contributed by atoms with van der Waals surface area (Å²) >= 11 is 0. The first-order valence-corrected chi connectivity index (χ1v) is 5.38. The number of halogens is 3. The van der Waals surface area contributed by atoms with Gasteiger partial charge in [0.2, 0.25) is 0 Å². The number of hydrogen-bond acceptors (Lipinski definition) is 0. The molecule has 0 saturated heterocycles. The van der Waals surface area contributed by atoms with E-state index in [9.17, 15) is 13.2 Å². The molecule has 0 nitrogen and oxygen atoms in total. The largest absolute Gasteiger partial charge is 0.286 e. The van der Waals surface area contributed by atoms with Crippen molar-refractivity contribution in [2.75, 3.05) is 0 Å². The second-order valence-corrected chi connectivity index (χ2v) is 6.06. The van der Waals surface area contributed by atoms with Crippen LogP contribution in [0.3, 0.4) is 0 Å². The van der Waals surface area contributed by atoms with Gasteiger partial charge in [0.05, 0.1) is 0 Å². The van der Waals surface area contributed by atoms with E-state index in [1.807, 2.05) is 0 Å². The third-order valence-corrected chi connectivity index (χ3v) is 3.73. The first-order valence-electron chi connectivity index (χ1n) is 5.38. The van der Waals surface area contributed by atoms with E-state index in [1.165, 1.54) is 34.6 Å². The fourth-order valence-corrected chi connectivity index (χ4v) is 1.33. The summed E-state index contributed by atoms with van der Waals surface area (Å²) in [5, 5.41) is 0. The lowest BCUT2D eigenvalue weighted by Gasteiger charge is -2.47. The van der Waals surface area contributed by atoms with Gasteiger partial charge in [0.25, 0.3) is 5.92 Å². The lowest BCUT2D eigenvalue weighted by Crippen LogP contribution is -2.58. The first-order chi connectivity index (χ1) is 6.31.